The van der Waals surface area contributed by atoms with E-state index in [1.54, 1.807) is 13.2 Å². The van der Waals surface area contributed by atoms with Crippen molar-refractivity contribution in [2.75, 3.05) is 24.5 Å². The van der Waals surface area contributed by atoms with Crippen LogP contribution >= 0.6 is 23.2 Å². The lowest BCUT2D eigenvalue weighted by Crippen LogP contribution is -2.31. The molecule has 0 aliphatic heterocycles. The lowest BCUT2D eigenvalue weighted by atomic mass is 10.1. The van der Waals surface area contributed by atoms with Crippen molar-refractivity contribution in [1.29, 1.82) is 0 Å². The van der Waals surface area contributed by atoms with Gasteiger partial charge in [-0.15, -0.1) is 0 Å². The van der Waals surface area contributed by atoms with E-state index in [4.69, 9.17) is 33.8 Å². The summed E-state index contributed by atoms with van der Waals surface area (Å²) < 4.78 is 5.16. The normalized spacial score (nSPS) is 12.6. The lowest BCUT2D eigenvalue weighted by Gasteiger charge is -2.23. The molecule has 1 heterocycles. The highest BCUT2D eigenvalue weighted by atomic mass is 35.5. The summed E-state index contributed by atoms with van der Waals surface area (Å²) in [6.45, 7) is 4.73. The van der Waals surface area contributed by atoms with E-state index in [0.717, 1.165) is 0 Å². The Bertz CT molecular complexity index is 401. The van der Waals surface area contributed by atoms with Crippen molar-refractivity contribution in [1.82, 2.24) is 4.98 Å². The molecule has 0 fully saturated rings. The second-order valence-corrected chi connectivity index (χ2v) is 5.06. The number of nitrogens with one attached hydrogen (secondary N) is 2. The average molecular weight is 293 g/mol. The number of hydrazine groups is 1. The zero-order valence-electron chi connectivity index (χ0n) is 10.6. The third-order valence-corrected chi connectivity index (χ3v) is 3.12. The van der Waals surface area contributed by atoms with Gasteiger partial charge in [-0.05, 0) is 12.0 Å². The molecule has 5 nitrogen and oxygen atoms in total. The maximum absolute atomic E-state index is 6.09. The molecule has 1 unspecified atom stereocenters. The molecule has 102 valence electrons. The maximum Gasteiger partial charge on any atom is 0.161 e. The van der Waals surface area contributed by atoms with Crippen molar-refractivity contribution < 1.29 is 4.74 Å². The van der Waals surface area contributed by atoms with Gasteiger partial charge >= 0.3 is 0 Å². The van der Waals surface area contributed by atoms with Crippen LogP contribution in [0.5, 0.6) is 0 Å². The van der Waals surface area contributed by atoms with E-state index < -0.39 is 0 Å². The van der Waals surface area contributed by atoms with E-state index in [1.165, 1.54) is 0 Å². The fourth-order valence-corrected chi connectivity index (χ4v) is 1.89. The number of nitrogens with zero attached hydrogens (tertiary/aromatic N) is 1. The van der Waals surface area contributed by atoms with Gasteiger partial charge in [0.1, 0.15) is 5.82 Å². The predicted molar refractivity (Wildman–Crippen MR) is 76.2 cm³/mol. The van der Waals surface area contributed by atoms with Gasteiger partial charge < -0.3 is 15.5 Å². The van der Waals surface area contributed by atoms with E-state index in [9.17, 15) is 0 Å². The highest BCUT2D eigenvalue weighted by Gasteiger charge is 2.16. The van der Waals surface area contributed by atoms with Crippen molar-refractivity contribution in [3.05, 3.63) is 16.1 Å². The number of ether oxygens (including phenoxy) is 1. The minimum Gasteiger partial charge on any atom is -0.383 e. The van der Waals surface area contributed by atoms with Crippen LogP contribution in [0.3, 0.4) is 0 Å². The SMILES string of the molecule is COCC(Nc1nc(NN)c(Cl)cc1Cl)C(C)C. The zero-order valence-corrected chi connectivity index (χ0v) is 12.1. The van der Waals surface area contributed by atoms with Gasteiger partial charge in [0.15, 0.2) is 5.82 Å². The molecule has 0 aromatic carbocycles. The van der Waals surface area contributed by atoms with Crippen molar-refractivity contribution in [3.8, 4) is 0 Å². The summed E-state index contributed by atoms with van der Waals surface area (Å²) in [6.07, 6.45) is 0. The Morgan fingerprint density at radius 3 is 2.44 bits per heavy atom. The van der Waals surface area contributed by atoms with Gasteiger partial charge in [0.25, 0.3) is 0 Å². The van der Waals surface area contributed by atoms with E-state index in [-0.39, 0.29) is 6.04 Å². The van der Waals surface area contributed by atoms with Crippen LogP contribution in [0.25, 0.3) is 0 Å². The molecule has 1 rings (SSSR count). The van der Waals surface area contributed by atoms with Crippen molar-refractivity contribution in [2.24, 2.45) is 11.8 Å². The Kier molecular flexibility index (Phi) is 5.95. The van der Waals surface area contributed by atoms with Gasteiger partial charge in [0.2, 0.25) is 0 Å². The van der Waals surface area contributed by atoms with Gasteiger partial charge in [-0.2, -0.15) is 0 Å². The minimum atomic E-state index is 0.104. The van der Waals surface area contributed by atoms with Crippen LogP contribution in [-0.2, 0) is 4.74 Å². The third kappa shape index (κ3) is 3.88. The zero-order chi connectivity index (χ0) is 13.7. The molecular weight excluding hydrogens is 275 g/mol. The molecule has 7 heteroatoms. The fraction of sp³-hybridized carbons (Fsp3) is 0.545. The lowest BCUT2D eigenvalue weighted by molar-refractivity contribution is 0.171. The summed E-state index contributed by atoms with van der Waals surface area (Å²) in [4.78, 5) is 4.23. The quantitative estimate of drug-likeness (QED) is 0.555. The van der Waals surface area contributed by atoms with Gasteiger partial charge in [0, 0.05) is 7.11 Å². The molecule has 1 aromatic heterocycles. The molecule has 0 aliphatic rings. The summed E-state index contributed by atoms with van der Waals surface area (Å²) >= 11 is 12.0. The molecule has 0 radical (unpaired) electrons. The van der Waals surface area contributed by atoms with Gasteiger partial charge in [-0.1, -0.05) is 37.0 Å². The van der Waals surface area contributed by atoms with Crippen LogP contribution in [0.4, 0.5) is 11.6 Å². The summed E-state index contributed by atoms with van der Waals surface area (Å²) in [5, 5.41) is 4.05. The molecule has 0 saturated carbocycles. The topological polar surface area (TPSA) is 72.2 Å². The summed E-state index contributed by atoms with van der Waals surface area (Å²) in [5.41, 5.74) is 2.42. The Morgan fingerprint density at radius 1 is 1.33 bits per heavy atom. The number of hydrogen-bond acceptors (Lipinski definition) is 5. The van der Waals surface area contributed by atoms with Gasteiger partial charge in [-0.25, -0.2) is 10.8 Å². The molecule has 0 saturated heterocycles. The number of nitrogens with two attached hydrogens (primary N) is 1. The second-order valence-electron chi connectivity index (χ2n) is 4.24. The number of halogens is 2. The van der Waals surface area contributed by atoms with Gasteiger partial charge in [0.05, 0.1) is 22.7 Å². The first-order chi connectivity index (χ1) is 8.49. The number of pyridine rings is 1. The molecule has 1 atom stereocenters. The first-order valence-electron chi connectivity index (χ1n) is 5.57. The monoisotopic (exact) mass is 292 g/mol. The summed E-state index contributed by atoms with van der Waals surface area (Å²) in [6, 6.07) is 1.70. The van der Waals surface area contributed by atoms with E-state index in [0.29, 0.717) is 34.2 Å². The van der Waals surface area contributed by atoms with E-state index >= 15 is 0 Å². The standard InChI is InChI=1S/C11H18Cl2N4O/c1-6(2)9(5-18-3)15-10-7(12)4-8(13)11(16-10)17-14/h4,6,9H,5,14H2,1-3H3,(H2,15,16,17). The summed E-state index contributed by atoms with van der Waals surface area (Å²) in [7, 11) is 1.65. The molecule has 0 amide bonds. The van der Waals surface area contributed by atoms with E-state index in [2.05, 4.69) is 29.6 Å². The van der Waals surface area contributed by atoms with E-state index in [1.807, 2.05) is 0 Å². The number of hydrogen-bond donors (Lipinski definition) is 3. The van der Waals surface area contributed by atoms with Crippen LogP contribution in [0.15, 0.2) is 6.07 Å². The van der Waals surface area contributed by atoms with Gasteiger partial charge in [-0.3, -0.25) is 0 Å². The molecule has 0 aliphatic carbocycles. The second kappa shape index (κ2) is 6.99. The van der Waals surface area contributed by atoms with Crippen molar-refractivity contribution in [3.63, 3.8) is 0 Å². The third-order valence-electron chi connectivity index (χ3n) is 2.54. The predicted octanol–water partition coefficient (Wildman–Crippen LogP) is 2.76. The molecule has 1 aromatic rings. The Morgan fingerprint density at radius 2 is 1.94 bits per heavy atom. The Labute approximate surface area is 117 Å². The fourth-order valence-electron chi connectivity index (χ4n) is 1.42. The number of nitrogen functional groups attached to an aromatic ring is 1. The smallest absolute Gasteiger partial charge is 0.161 e. The minimum absolute atomic E-state index is 0.104. The van der Waals surface area contributed by atoms with Crippen molar-refractivity contribution in [2.45, 2.75) is 19.9 Å². The first-order valence-corrected chi connectivity index (χ1v) is 6.33. The van der Waals surface area contributed by atoms with Crippen LogP contribution in [-0.4, -0.2) is 24.7 Å². The molecular formula is C11H18Cl2N4O. The highest BCUT2D eigenvalue weighted by Crippen LogP contribution is 2.29. The number of methoxy groups -OCH3 is 1. The average Bonchev–Trinajstić information content (AvgIpc) is 2.31. The largest absolute Gasteiger partial charge is 0.383 e. The maximum atomic E-state index is 6.09. The Hall–Kier alpha value is -0.750. The van der Waals surface area contributed by atoms with Crippen LogP contribution in [0.2, 0.25) is 10.0 Å². The number of anilines is 2. The Balaban J connectivity index is 2.94. The summed E-state index contributed by atoms with van der Waals surface area (Å²) in [5.74, 6) is 6.61. The number of rotatable bonds is 6. The van der Waals surface area contributed by atoms with Crippen LogP contribution < -0.4 is 16.6 Å². The molecule has 0 bridgehead atoms. The highest BCUT2D eigenvalue weighted by molar-refractivity contribution is 6.37. The van der Waals surface area contributed by atoms with Crippen LogP contribution in [0.1, 0.15) is 13.8 Å². The first kappa shape index (κ1) is 15.3. The van der Waals surface area contributed by atoms with Crippen molar-refractivity contribution >= 4 is 34.8 Å². The molecule has 0 spiro atoms. The molecule has 18 heavy (non-hydrogen) atoms. The van der Waals surface area contributed by atoms with Crippen LogP contribution in [0, 0.1) is 5.92 Å². The molecule has 4 N–H and O–H groups in total. The number of aromatic nitrogens is 1.